The second kappa shape index (κ2) is 8.94. The van der Waals surface area contributed by atoms with Gasteiger partial charge in [-0.2, -0.15) is 10.4 Å². The third-order valence-corrected chi connectivity index (χ3v) is 6.03. The number of hydrogen-bond donors (Lipinski definition) is 0. The van der Waals surface area contributed by atoms with E-state index in [0.717, 1.165) is 23.5 Å². The Kier molecular flexibility index (Phi) is 5.67. The summed E-state index contributed by atoms with van der Waals surface area (Å²) in [6.07, 6.45) is 3.94. The van der Waals surface area contributed by atoms with Crippen LogP contribution in [-0.4, -0.2) is 65.0 Å². The predicted molar refractivity (Wildman–Crippen MR) is 123 cm³/mol. The molecule has 1 aromatic carbocycles. The van der Waals surface area contributed by atoms with E-state index in [9.17, 15) is 10.1 Å². The van der Waals surface area contributed by atoms with Crippen molar-refractivity contribution < 1.29 is 19.0 Å². The van der Waals surface area contributed by atoms with Crippen LogP contribution >= 0.6 is 0 Å². The zero-order valence-electron chi connectivity index (χ0n) is 19.0. The van der Waals surface area contributed by atoms with E-state index in [1.165, 1.54) is 7.11 Å². The standard InChI is InChI=1S/C24H24N6O4/c1-28-20(5-7-27-28)24(31)29-8-6-19(15-29)34-18-3-4-22-21(12-18)30(9-10-33-22)17-11-16(13-25)23(32-2)26-14-17/h3-5,7,11-12,14,19H,6,8-10,15H2,1-2H3. The van der Waals surface area contributed by atoms with Gasteiger partial charge in [-0.3, -0.25) is 9.48 Å². The van der Waals surface area contributed by atoms with Crippen molar-refractivity contribution in [3.05, 3.63) is 54.0 Å². The van der Waals surface area contributed by atoms with Gasteiger partial charge in [0.1, 0.15) is 41.5 Å². The largest absolute Gasteiger partial charge is 0.490 e. The van der Waals surface area contributed by atoms with Crippen LogP contribution in [-0.2, 0) is 7.05 Å². The lowest BCUT2D eigenvalue weighted by Crippen LogP contribution is -2.32. The molecule has 0 saturated carbocycles. The number of nitrogens with zero attached hydrogens (tertiary/aromatic N) is 6. The molecule has 1 atom stereocenters. The number of nitriles is 1. The summed E-state index contributed by atoms with van der Waals surface area (Å²) in [5.74, 6) is 1.67. The fourth-order valence-electron chi connectivity index (χ4n) is 4.32. The molecule has 1 fully saturated rings. The molecule has 2 aliphatic rings. The number of anilines is 2. The number of methoxy groups -OCH3 is 1. The summed E-state index contributed by atoms with van der Waals surface area (Å²) >= 11 is 0. The van der Waals surface area contributed by atoms with Gasteiger partial charge in [0.2, 0.25) is 5.88 Å². The van der Waals surface area contributed by atoms with Crippen molar-refractivity contribution in [3.63, 3.8) is 0 Å². The first-order chi connectivity index (χ1) is 16.6. The third kappa shape index (κ3) is 3.96. The first-order valence-corrected chi connectivity index (χ1v) is 11.0. The van der Waals surface area contributed by atoms with Crippen LogP contribution in [0.1, 0.15) is 22.5 Å². The van der Waals surface area contributed by atoms with E-state index in [1.54, 1.807) is 41.2 Å². The van der Waals surface area contributed by atoms with Gasteiger partial charge >= 0.3 is 0 Å². The van der Waals surface area contributed by atoms with Crippen LogP contribution in [0.3, 0.4) is 0 Å². The summed E-state index contributed by atoms with van der Waals surface area (Å²) in [4.78, 5) is 20.9. The van der Waals surface area contributed by atoms with Crippen molar-refractivity contribution in [2.24, 2.45) is 7.05 Å². The smallest absolute Gasteiger partial charge is 0.272 e. The number of ether oxygens (including phenoxy) is 3. The number of amides is 1. The van der Waals surface area contributed by atoms with Crippen LogP contribution in [0.15, 0.2) is 42.7 Å². The summed E-state index contributed by atoms with van der Waals surface area (Å²) in [5.41, 5.74) is 2.53. The molecule has 0 aliphatic carbocycles. The average Bonchev–Trinajstić information content (AvgIpc) is 3.51. The van der Waals surface area contributed by atoms with Crippen LogP contribution in [0, 0.1) is 11.3 Å². The van der Waals surface area contributed by atoms with Crippen LogP contribution in [0.4, 0.5) is 11.4 Å². The first kappa shape index (κ1) is 21.6. The number of likely N-dealkylation sites (tertiary alicyclic amines) is 1. The Labute approximate surface area is 196 Å². The molecule has 2 aliphatic heterocycles. The molecule has 10 heteroatoms. The molecule has 0 spiro atoms. The van der Waals surface area contributed by atoms with E-state index in [4.69, 9.17) is 14.2 Å². The maximum Gasteiger partial charge on any atom is 0.272 e. The lowest BCUT2D eigenvalue weighted by atomic mass is 10.2. The van der Waals surface area contributed by atoms with Gasteiger partial charge < -0.3 is 24.0 Å². The molecule has 1 amide bonds. The molecule has 0 N–H and O–H groups in total. The first-order valence-electron chi connectivity index (χ1n) is 11.0. The zero-order chi connectivity index (χ0) is 23.7. The van der Waals surface area contributed by atoms with Crippen LogP contribution in [0.2, 0.25) is 0 Å². The minimum Gasteiger partial charge on any atom is -0.490 e. The molecule has 1 unspecified atom stereocenters. The highest BCUT2D eigenvalue weighted by Crippen LogP contribution is 2.40. The Morgan fingerprint density at radius 2 is 2.15 bits per heavy atom. The van der Waals surface area contributed by atoms with Crippen molar-refractivity contribution in [2.75, 3.05) is 38.3 Å². The minimum atomic E-state index is -0.110. The topological polar surface area (TPSA) is 106 Å². The quantitative estimate of drug-likeness (QED) is 0.572. The highest BCUT2D eigenvalue weighted by atomic mass is 16.5. The number of hydrogen-bond acceptors (Lipinski definition) is 8. The monoisotopic (exact) mass is 460 g/mol. The highest BCUT2D eigenvalue weighted by Gasteiger charge is 2.30. The molecule has 0 bridgehead atoms. The number of fused-ring (bicyclic) bond motifs is 1. The number of pyridine rings is 1. The Morgan fingerprint density at radius 3 is 2.91 bits per heavy atom. The minimum absolute atomic E-state index is 0.0450. The van der Waals surface area contributed by atoms with Gasteiger partial charge in [-0.25, -0.2) is 4.98 Å². The van der Waals surface area contributed by atoms with Gasteiger partial charge in [-0.1, -0.05) is 0 Å². The lowest BCUT2D eigenvalue weighted by Gasteiger charge is -2.31. The fraction of sp³-hybridized carbons (Fsp3) is 0.333. The van der Waals surface area contributed by atoms with Crippen LogP contribution in [0.25, 0.3) is 0 Å². The number of benzene rings is 1. The summed E-state index contributed by atoms with van der Waals surface area (Å²) in [5, 5.41) is 13.5. The molecule has 2 aromatic heterocycles. The molecule has 5 rings (SSSR count). The molecule has 4 heterocycles. The van der Waals surface area contributed by atoms with E-state index in [0.29, 0.717) is 49.1 Å². The van der Waals surface area contributed by atoms with Gasteiger partial charge in [-0.15, -0.1) is 0 Å². The second-order valence-corrected chi connectivity index (χ2v) is 8.11. The Bertz CT molecular complexity index is 1270. The van der Waals surface area contributed by atoms with Crippen molar-refractivity contribution in [2.45, 2.75) is 12.5 Å². The zero-order valence-corrected chi connectivity index (χ0v) is 19.0. The molecular formula is C24H24N6O4. The maximum absolute atomic E-state index is 12.8. The molecular weight excluding hydrogens is 436 g/mol. The van der Waals surface area contributed by atoms with Gasteiger partial charge in [0.15, 0.2) is 0 Å². The summed E-state index contributed by atoms with van der Waals surface area (Å²) < 4.78 is 18.8. The van der Waals surface area contributed by atoms with E-state index in [-0.39, 0.29) is 12.0 Å². The SMILES string of the molecule is COc1ncc(N2CCOc3ccc(OC4CCN(C(=O)c5ccnn5C)C4)cc32)cc1C#N. The normalized spacial score (nSPS) is 17.0. The molecule has 1 saturated heterocycles. The highest BCUT2D eigenvalue weighted by molar-refractivity contribution is 5.92. The van der Waals surface area contributed by atoms with Gasteiger partial charge in [-0.05, 0) is 24.3 Å². The van der Waals surface area contributed by atoms with Gasteiger partial charge in [0.25, 0.3) is 5.91 Å². The molecule has 34 heavy (non-hydrogen) atoms. The predicted octanol–water partition coefficient (Wildman–Crippen LogP) is 2.52. The van der Waals surface area contributed by atoms with Crippen molar-refractivity contribution >= 4 is 17.3 Å². The number of carbonyl (C=O) groups is 1. The van der Waals surface area contributed by atoms with Crippen LogP contribution in [0.5, 0.6) is 17.4 Å². The van der Waals surface area contributed by atoms with Crippen molar-refractivity contribution in [1.82, 2.24) is 19.7 Å². The number of aryl methyl sites for hydroxylation is 1. The van der Waals surface area contributed by atoms with Crippen LogP contribution < -0.4 is 19.1 Å². The molecule has 174 valence electrons. The molecule has 10 nitrogen and oxygen atoms in total. The molecule has 0 radical (unpaired) electrons. The number of carbonyl (C=O) groups excluding carboxylic acids is 1. The van der Waals surface area contributed by atoms with E-state index >= 15 is 0 Å². The van der Waals surface area contributed by atoms with E-state index in [1.807, 2.05) is 23.1 Å². The maximum atomic E-state index is 12.8. The Morgan fingerprint density at radius 1 is 1.26 bits per heavy atom. The Balaban J connectivity index is 1.33. The second-order valence-electron chi connectivity index (χ2n) is 8.11. The van der Waals surface area contributed by atoms with Crippen molar-refractivity contribution in [1.29, 1.82) is 5.26 Å². The van der Waals surface area contributed by atoms with Gasteiger partial charge in [0, 0.05) is 32.3 Å². The third-order valence-electron chi connectivity index (χ3n) is 6.03. The summed E-state index contributed by atoms with van der Waals surface area (Å²) in [6.45, 7) is 2.25. The van der Waals surface area contributed by atoms with Crippen molar-refractivity contribution in [3.8, 4) is 23.4 Å². The lowest BCUT2D eigenvalue weighted by molar-refractivity contribution is 0.0761. The van der Waals surface area contributed by atoms with E-state index < -0.39 is 0 Å². The van der Waals surface area contributed by atoms with Gasteiger partial charge in [0.05, 0.1) is 37.8 Å². The Hall–Kier alpha value is -4.26. The fourth-order valence-corrected chi connectivity index (χ4v) is 4.32. The number of aromatic nitrogens is 3. The molecule has 3 aromatic rings. The number of rotatable bonds is 5. The van der Waals surface area contributed by atoms with E-state index in [2.05, 4.69) is 16.2 Å². The summed E-state index contributed by atoms with van der Waals surface area (Å²) in [7, 11) is 3.25. The summed E-state index contributed by atoms with van der Waals surface area (Å²) in [6, 6.07) is 11.3. The average molecular weight is 460 g/mol.